The molecular formula is C12H20. The summed E-state index contributed by atoms with van der Waals surface area (Å²) in [4.78, 5) is 0. The monoisotopic (exact) mass is 164 g/mol. The third kappa shape index (κ3) is 2.84. The van der Waals surface area contributed by atoms with Gasteiger partial charge in [-0.2, -0.15) is 0 Å². The van der Waals surface area contributed by atoms with E-state index in [0.717, 1.165) is 5.92 Å². The predicted octanol–water partition coefficient (Wildman–Crippen LogP) is 3.95. The molecule has 0 atom stereocenters. The summed E-state index contributed by atoms with van der Waals surface area (Å²) in [5.74, 6) is 0.740. The van der Waals surface area contributed by atoms with E-state index in [1.807, 2.05) is 0 Å². The van der Waals surface area contributed by atoms with Gasteiger partial charge in [0.2, 0.25) is 0 Å². The van der Waals surface area contributed by atoms with Gasteiger partial charge in [-0.05, 0) is 30.6 Å². The van der Waals surface area contributed by atoms with Crippen LogP contribution in [0.2, 0.25) is 0 Å². The first-order chi connectivity index (χ1) is 5.49. The Hall–Kier alpha value is -0.520. The smallest absolute Gasteiger partial charge is 0.0137 e. The summed E-state index contributed by atoms with van der Waals surface area (Å²) in [5.41, 5.74) is 1.84. The van der Waals surface area contributed by atoms with Crippen molar-refractivity contribution in [1.82, 2.24) is 0 Å². The van der Waals surface area contributed by atoms with Crippen molar-refractivity contribution >= 4 is 0 Å². The molecule has 0 saturated carbocycles. The lowest BCUT2D eigenvalue weighted by molar-refractivity contribution is 0.390. The normalized spacial score (nSPS) is 18.6. The van der Waals surface area contributed by atoms with Gasteiger partial charge in [0.25, 0.3) is 0 Å². The molecule has 0 fully saturated rings. The zero-order valence-electron chi connectivity index (χ0n) is 8.56. The molecule has 0 aromatic carbocycles. The van der Waals surface area contributed by atoms with Gasteiger partial charge in [0.05, 0.1) is 0 Å². The molecular weight excluding hydrogens is 144 g/mol. The minimum absolute atomic E-state index is 0.402. The SMILES string of the molecule is C=C(CC(C)(C)C)C1CC=CC1. The third-order valence-corrected chi connectivity index (χ3v) is 2.34. The molecule has 0 N–H and O–H groups in total. The Morgan fingerprint density at radius 1 is 1.33 bits per heavy atom. The number of allylic oxidation sites excluding steroid dienone is 3. The molecule has 0 spiro atoms. The highest BCUT2D eigenvalue weighted by atomic mass is 14.2. The van der Waals surface area contributed by atoms with E-state index in [4.69, 9.17) is 0 Å². The van der Waals surface area contributed by atoms with E-state index in [1.165, 1.54) is 24.8 Å². The quantitative estimate of drug-likeness (QED) is 0.542. The van der Waals surface area contributed by atoms with Crippen LogP contribution in [0.25, 0.3) is 0 Å². The number of rotatable bonds is 2. The van der Waals surface area contributed by atoms with Gasteiger partial charge >= 0.3 is 0 Å². The Balaban J connectivity index is 2.39. The third-order valence-electron chi connectivity index (χ3n) is 2.34. The molecule has 0 nitrogen and oxygen atoms in total. The Morgan fingerprint density at radius 3 is 2.25 bits per heavy atom. The lowest BCUT2D eigenvalue weighted by atomic mass is 9.83. The van der Waals surface area contributed by atoms with E-state index < -0.39 is 0 Å². The van der Waals surface area contributed by atoms with Crippen molar-refractivity contribution < 1.29 is 0 Å². The molecule has 0 aromatic rings. The molecule has 0 heteroatoms. The lowest BCUT2D eigenvalue weighted by Gasteiger charge is -2.23. The molecule has 1 aliphatic carbocycles. The highest BCUT2D eigenvalue weighted by molar-refractivity contribution is 5.11. The summed E-state index contributed by atoms with van der Waals surface area (Å²) in [5, 5.41) is 0. The molecule has 68 valence electrons. The van der Waals surface area contributed by atoms with Gasteiger partial charge < -0.3 is 0 Å². The Bertz CT molecular complexity index is 183. The zero-order chi connectivity index (χ0) is 9.19. The van der Waals surface area contributed by atoms with Crippen molar-refractivity contribution in [3.63, 3.8) is 0 Å². The lowest BCUT2D eigenvalue weighted by Crippen LogP contribution is -2.10. The van der Waals surface area contributed by atoms with E-state index >= 15 is 0 Å². The van der Waals surface area contributed by atoms with Gasteiger partial charge in [0.1, 0.15) is 0 Å². The second-order valence-corrected chi connectivity index (χ2v) is 5.04. The van der Waals surface area contributed by atoms with Crippen LogP contribution < -0.4 is 0 Å². The first kappa shape index (κ1) is 9.57. The summed E-state index contributed by atoms with van der Waals surface area (Å²) in [6.07, 6.45) is 8.15. The average Bonchev–Trinajstić information content (AvgIpc) is 2.32. The molecule has 12 heavy (non-hydrogen) atoms. The molecule has 0 amide bonds. The summed E-state index contributed by atoms with van der Waals surface area (Å²) in [7, 11) is 0. The van der Waals surface area contributed by atoms with Crippen LogP contribution in [-0.2, 0) is 0 Å². The maximum atomic E-state index is 4.18. The Kier molecular flexibility index (Phi) is 2.76. The topological polar surface area (TPSA) is 0 Å². The number of hydrogen-bond acceptors (Lipinski definition) is 0. The van der Waals surface area contributed by atoms with Crippen LogP contribution >= 0.6 is 0 Å². The van der Waals surface area contributed by atoms with Crippen molar-refractivity contribution in [2.24, 2.45) is 11.3 Å². The highest BCUT2D eigenvalue weighted by Crippen LogP contribution is 2.33. The fraction of sp³-hybridized carbons (Fsp3) is 0.667. The van der Waals surface area contributed by atoms with Crippen LogP contribution in [0, 0.1) is 11.3 Å². The van der Waals surface area contributed by atoms with Crippen molar-refractivity contribution in [1.29, 1.82) is 0 Å². The average molecular weight is 164 g/mol. The zero-order valence-corrected chi connectivity index (χ0v) is 8.56. The van der Waals surface area contributed by atoms with Gasteiger partial charge in [-0.25, -0.2) is 0 Å². The maximum Gasteiger partial charge on any atom is -0.0137 e. The largest absolute Gasteiger partial charge is 0.0995 e. The first-order valence-corrected chi connectivity index (χ1v) is 4.82. The summed E-state index contributed by atoms with van der Waals surface area (Å²) in [6.45, 7) is 11.0. The molecule has 1 aliphatic rings. The Labute approximate surface area is 76.4 Å². The standard InChI is InChI=1S/C12H20/c1-10(9-12(2,3)4)11-7-5-6-8-11/h5-6,11H,1,7-9H2,2-4H3. The summed E-state index contributed by atoms with van der Waals surface area (Å²) in [6, 6.07) is 0. The van der Waals surface area contributed by atoms with E-state index in [-0.39, 0.29) is 0 Å². The van der Waals surface area contributed by atoms with Gasteiger partial charge in [-0.15, -0.1) is 0 Å². The van der Waals surface area contributed by atoms with Crippen LogP contribution in [0.3, 0.4) is 0 Å². The molecule has 0 unspecified atom stereocenters. The predicted molar refractivity (Wildman–Crippen MR) is 55.1 cm³/mol. The summed E-state index contributed by atoms with van der Waals surface area (Å²) < 4.78 is 0. The molecule has 0 bridgehead atoms. The van der Waals surface area contributed by atoms with Crippen LogP contribution in [0.1, 0.15) is 40.0 Å². The molecule has 0 heterocycles. The molecule has 0 aliphatic heterocycles. The number of hydrogen-bond donors (Lipinski definition) is 0. The summed E-state index contributed by atoms with van der Waals surface area (Å²) >= 11 is 0. The second kappa shape index (κ2) is 3.47. The van der Waals surface area contributed by atoms with E-state index in [2.05, 4.69) is 39.5 Å². The highest BCUT2D eigenvalue weighted by Gasteiger charge is 2.19. The van der Waals surface area contributed by atoms with E-state index in [1.54, 1.807) is 0 Å². The van der Waals surface area contributed by atoms with Gasteiger partial charge in [0, 0.05) is 0 Å². The fourth-order valence-corrected chi connectivity index (χ4v) is 1.78. The van der Waals surface area contributed by atoms with Crippen molar-refractivity contribution in [3.8, 4) is 0 Å². The first-order valence-electron chi connectivity index (χ1n) is 4.82. The van der Waals surface area contributed by atoms with Gasteiger partial charge in [0.15, 0.2) is 0 Å². The van der Waals surface area contributed by atoms with Crippen LogP contribution in [0.5, 0.6) is 0 Å². The van der Waals surface area contributed by atoms with Crippen molar-refractivity contribution in [2.45, 2.75) is 40.0 Å². The molecule has 1 rings (SSSR count). The fourth-order valence-electron chi connectivity index (χ4n) is 1.78. The minimum atomic E-state index is 0.402. The van der Waals surface area contributed by atoms with Gasteiger partial charge in [-0.1, -0.05) is 45.1 Å². The van der Waals surface area contributed by atoms with Crippen molar-refractivity contribution in [2.75, 3.05) is 0 Å². The van der Waals surface area contributed by atoms with Crippen LogP contribution in [0.15, 0.2) is 24.3 Å². The molecule has 0 aromatic heterocycles. The second-order valence-electron chi connectivity index (χ2n) is 5.04. The van der Waals surface area contributed by atoms with E-state index in [9.17, 15) is 0 Å². The molecule has 0 saturated heterocycles. The van der Waals surface area contributed by atoms with Crippen LogP contribution in [-0.4, -0.2) is 0 Å². The Morgan fingerprint density at radius 2 is 1.83 bits per heavy atom. The minimum Gasteiger partial charge on any atom is -0.0995 e. The van der Waals surface area contributed by atoms with E-state index in [0.29, 0.717) is 5.41 Å². The van der Waals surface area contributed by atoms with Crippen LogP contribution in [0.4, 0.5) is 0 Å². The maximum absolute atomic E-state index is 4.18. The van der Waals surface area contributed by atoms with Crippen molar-refractivity contribution in [3.05, 3.63) is 24.3 Å². The van der Waals surface area contributed by atoms with Gasteiger partial charge in [-0.3, -0.25) is 0 Å². The molecule has 0 radical (unpaired) electrons.